The van der Waals surface area contributed by atoms with Gasteiger partial charge in [0.2, 0.25) is 0 Å². The Kier molecular flexibility index (Phi) is 4.96. The van der Waals surface area contributed by atoms with E-state index in [1.807, 2.05) is 24.5 Å². The van der Waals surface area contributed by atoms with Crippen molar-refractivity contribution in [3.63, 3.8) is 0 Å². The lowest BCUT2D eigenvalue weighted by Crippen LogP contribution is -2.51. The Labute approximate surface area is 154 Å². The summed E-state index contributed by atoms with van der Waals surface area (Å²) in [5.41, 5.74) is 2.71. The van der Waals surface area contributed by atoms with Crippen LogP contribution < -0.4 is 5.32 Å². The third-order valence-corrected chi connectivity index (χ3v) is 5.53. The molecule has 1 amide bonds. The van der Waals surface area contributed by atoms with Crippen LogP contribution in [-0.2, 0) is 4.74 Å². The van der Waals surface area contributed by atoms with Crippen LogP contribution in [-0.4, -0.2) is 59.2 Å². The van der Waals surface area contributed by atoms with E-state index in [1.165, 1.54) is 12.8 Å². The van der Waals surface area contributed by atoms with E-state index in [1.54, 1.807) is 0 Å². The summed E-state index contributed by atoms with van der Waals surface area (Å²) in [5, 5.41) is 3.13. The Balaban J connectivity index is 1.42. The third kappa shape index (κ3) is 3.62. The lowest BCUT2D eigenvalue weighted by Gasteiger charge is -2.36. The fourth-order valence-electron chi connectivity index (χ4n) is 3.81. The molecule has 1 aromatic carbocycles. The maximum Gasteiger partial charge on any atom is 0.251 e. The molecule has 140 valence electrons. The third-order valence-electron chi connectivity index (χ3n) is 5.53. The first-order valence-corrected chi connectivity index (χ1v) is 9.70. The molecular formula is C20H28N4O2. The minimum atomic E-state index is -0.0215. The molecule has 0 unspecified atom stereocenters. The van der Waals surface area contributed by atoms with Crippen molar-refractivity contribution >= 4 is 16.9 Å². The highest BCUT2D eigenvalue weighted by molar-refractivity contribution is 5.97. The van der Waals surface area contributed by atoms with Crippen molar-refractivity contribution in [2.45, 2.75) is 38.8 Å². The number of rotatable bonds is 6. The van der Waals surface area contributed by atoms with Gasteiger partial charge in [-0.25, -0.2) is 4.98 Å². The van der Waals surface area contributed by atoms with E-state index < -0.39 is 0 Å². The van der Waals surface area contributed by atoms with Crippen molar-refractivity contribution < 1.29 is 9.53 Å². The molecule has 2 fully saturated rings. The zero-order chi connectivity index (χ0) is 18.1. The van der Waals surface area contributed by atoms with Crippen LogP contribution in [0.1, 0.15) is 43.1 Å². The zero-order valence-corrected chi connectivity index (χ0v) is 15.6. The Morgan fingerprint density at radius 2 is 2.08 bits per heavy atom. The van der Waals surface area contributed by atoms with E-state index in [0.717, 1.165) is 37.3 Å². The molecule has 1 aliphatic carbocycles. The van der Waals surface area contributed by atoms with E-state index in [9.17, 15) is 4.79 Å². The molecule has 2 aliphatic rings. The van der Waals surface area contributed by atoms with Crippen molar-refractivity contribution in [3.05, 3.63) is 30.1 Å². The van der Waals surface area contributed by atoms with Crippen molar-refractivity contribution in [1.29, 1.82) is 0 Å². The molecule has 26 heavy (non-hydrogen) atoms. The van der Waals surface area contributed by atoms with Gasteiger partial charge in [0.1, 0.15) is 0 Å². The van der Waals surface area contributed by atoms with Crippen LogP contribution in [0.15, 0.2) is 24.5 Å². The summed E-state index contributed by atoms with van der Waals surface area (Å²) in [4.78, 5) is 19.6. The topological polar surface area (TPSA) is 59.4 Å². The molecule has 1 saturated carbocycles. The van der Waals surface area contributed by atoms with E-state index >= 15 is 0 Å². The molecule has 6 nitrogen and oxygen atoms in total. The Morgan fingerprint density at radius 1 is 1.31 bits per heavy atom. The number of fused-ring (bicyclic) bond motifs is 1. The van der Waals surface area contributed by atoms with Gasteiger partial charge in [-0.1, -0.05) is 13.8 Å². The Morgan fingerprint density at radius 3 is 2.77 bits per heavy atom. The molecule has 4 rings (SSSR count). The number of imidazole rings is 1. The molecule has 2 aromatic rings. The largest absolute Gasteiger partial charge is 0.379 e. The molecule has 0 bridgehead atoms. The summed E-state index contributed by atoms with van der Waals surface area (Å²) in [6, 6.07) is 6.78. The van der Waals surface area contributed by atoms with E-state index in [-0.39, 0.29) is 5.91 Å². The Hall–Kier alpha value is -1.92. The van der Waals surface area contributed by atoms with Crippen molar-refractivity contribution in [1.82, 2.24) is 19.8 Å². The van der Waals surface area contributed by atoms with Crippen LogP contribution in [0.4, 0.5) is 0 Å². The normalized spacial score (nSPS) is 19.8. The van der Waals surface area contributed by atoms with Crippen LogP contribution in [0.3, 0.4) is 0 Å². The summed E-state index contributed by atoms with van der Waals surface area (Å²) in [6.07, 6.45) is 4.36. The van der Waals surface area contributed by atoms with Crippen LogP contribution in [0.25, 0.3) is 11.0 Å². The number of carbonyl (C=O) groups excluding carboxylic acids is 1. The van der Waals surface area contributed by atoms with Crippen molar-refractivity contribution in [3.8, 4) is 0 Å². The van der Waals surface area contributed by atoms with Gasteiger partial charge in [-0.05, 0) is 37.0 Å². The number of ether oxygens (including phenoxy) is 1. The number of benzene rings is 1. The predicted molar refractivity (Wildman–Crippen MR) is 101 cm³/mol. The summed E-state index contributed by atoms with van der Waals surface area (Å²) in [5.74, 6) is 0.455. The SMILES string of the molecule is CC(C)[C@@H](CNC(=O)c1ccc2c(c1)ncn2C1CC1)N1CCOCC1. The fraction of sp³-hybridized carbons (Fsp3) is 0.600. The summed E-state index contributed by atoms with van der Waals surface area (Å²) >= 11 is 0. The van der Waals surface area contributed by atoms with Gasteiger partial charge in [-0.15, -0.1) is 0 Å². The minimum absolute atomic E-state index is 0.0215. The van der Waals surface area contributed by atoms with E-state index in [2.05, 4.69) is 33.6 Å². The van der Waals surface area contributed by atoms with Gasteiger partial charge < -0.3 is 14.6 Å². The Bertz CT molecular complexity index is 775. The lowest BCUT2D eigenvalue weighted by molar-refractivity contribution is 0.00673. The summed E-state index contributed by atoms with van der Waals surface area (Å²) < 4.78 is 7.68. The molecule has 1 saturated heterocycles. The first-order valence-electron chi connectivity index (χ1n) is 9.70. The first kappa shape index (κ1) is 17.5. The van der Waals surface area contributed by atoms with Crippen molar-refractivity contribution in [2.24, 2.45) is 5.92 Å². The second kappa shape index (κ2) is 7.37. The molecule has 1 aromatic heterocycles. The number of amides is 1. The molecular weight excluding hydrogens is 328 g/mol. The lowest BCUT2D eigenvalue weighted by atomic mass is 10.0. The predicted octanol–water partition coefficient (Wildman–Crippen LogP) is 2.46. The quantitative estimate of drug-likeness (QED) is 0.864. The molecule has 1 N–H and O–H groups in total. The smallest absolute Gasteiger partial charge is 0.251 e. The van der Waals surface area contributed by atoms with Gasteiger partial charge in [0.05, 0.1) is 30.6 Å². The second-order valence-corrected chi connectivity index (χ2v) is 7.76. The monoisotopic (exact) mass is 356 g/mol. The number of morpholine rings is 1. The van der Waals surface area contributed by atoms with Gasteiger partial charge >= 0.3 is 0 Å². The summed E-state index contributed by atoms with van der Waals surface area (Å²) in [6.45, 7) is 8.50. The molecule has 6 heteroatoms. The molecule has 0 spiro atoms. The van der Waals surface area contributed by atoms with Crippen LogP contribution in [0.5, 0.6) is 0 Å². The molecule has 2 heterocycles. The highest BCUT2D eigenvalue weighted by Gasteiger charge is 2.26. The number of carbonyl (C=O) groups is 1. The van der Waals surface area contributed by atoms with Crippen molar-refractivity contribution in [2.75, 3.05) is 32.8 Å². The standard InChI is InChI=1S/C20H28N4O2/c1-14(2)19(23-7-9-26-10-8-23)12-21-20(25)15-3-6-18-17(11-15)22-13-24(18)16-4-5-16/h3,6,11,13-14,16,19H,4-5,7-10,12H2,1-2H3,(H,21,25)/t19-/m1/s1. The van der Waals surface area contributed by atoms with Gasteiger partial charge in [-0.3, -0.25) is 9.69 Å². The van der Waals surface area contributed by atoms with Gasteiger partial charge in [0.15, 0.2) is 0 Å². The fourth-order valence-corrected chi connectivity index (χ4v) is 3.81. The average Bonchev–Trinajstić information content (AvgIpc) is 3.41. The maximum absolute atomic E-state index is 12.7. The van der Waals surface area contributed by atoms with E-state index in [0.29, 0.717) is 30.1 Å². The van der Waals surface area contributed by atoms with Crippen LogP contribution in [0.2, 0.25) is 0 Å². The maximum atomic E-state index is 12.7. The highest BCUT2D eigenvalue weighted by Crippen LogP contribution is 2.37. The zero-order valence-electron chi connectivity index (χ0n) is 15.6. The second-order valence-electron chi connectivity index (χ2n) is 7.76. The van der Waals surface area contributed by atoms with Crippen LogP contribution >= 0.6 is 0 Å². The van der Waals surface area contributed by atoms with E-state index in [4.69, 9.17) is 4.74 Å². The highest BCUT2D eigenvalue weighted by atomic mass is 16.5. The van der Waals surface area contributed by atoms with Gasteiger partial charge in [0.25, 0.3) is 5.91 Å². The van der Waals surface area contributed by atoms with Gasteiger partial charge in [0, 0.05) is 37.3 Å². The first-order chi connectivity index (χ1) is 12.6. The summed E-state index contributed by atoms with van der Waals surface area (Å²) in [7, 11) is 0. The average molecular weight is 356 g/mol. The molecule has 0 radical (unpaired) electrons. The number of aromatic nitrogens is 2. The minimum Gasteiger partial charge on any atom is -0.379 e. The number of nitrogens with zero attached hydrogens (tertiary/aromatic N) is 3. The van der Waals surface area contributed by atoms with Gasteiger partial charge in [-0.2, -0.15) is 0 Å². The number of nitrogens with one attached hydrogen (secondary N) is 1. The van der Waals surface area contributed by atoms with Crippen LogP contribution in [0, 0.1) is 5.92 Å². The number of hydrogen-bond acceptors (Lipinski definition) is 4. The number of hydrogen-bond donors (Lipinski definition) is 1. The molecule has 1 aliphatic heterocycles. The molecule has 1 atom stereocenters.